The second-order valence-corrected chi connectivity index (χ2v) is 15.3. The lowest BCUT2D eigenvalue weighted by Gasteiger charge is -2.16. The van der Waals surface area contributed by atoms with Gasteiger partial charge in [0.2, 0.25) is 11.8 Å². The highest BCUT2D eigenvalue weighted by molar-refractivity contribution is 8.00. The number of unbranched alkanes of at least 4 members (excludes halogenated alkanes) is 16. The fraction of sp³-hybridized carbons (Fsp3) is 0.810. The Morgan fingerprint density at radius 3 is 1.78 bits per heavy atom. The van der Waals surface area contributed by atoms with Crippen molar-refractivity contribution < 1.29 is 19.1 Å². The van der Waals surface area contributed by atoms with Crippen LogP contribution in [0.5, 0.6) is 0 Å². The zero-order valence-corrected chi connectivity index (χ0v) is 32.5. The SMILES string of the molecule is C=C1CC2C(CSC2CCCC(=O)NCCOCCOCCNC(=O)CCCCCCCCC#CC#CCCCCCCCCCCCC)N1. The number of carbonyl (C=O) groups excluding carboxylic acids is 2. The lowest BCUT2D eigenvalue weighted by atomic mass is 9.94. The number of fused-ring (bicyclic) bond motifs is 1. The molecule has 2 heterocycles. The third-order valence-corrected chi connectivity index (χ3v) is 11.2. The first-order valence-electron chi connectivity index (χ1n) is 20.3. The van der Waals surface area contributed by atoms with Gasteiger partial charge in [-0.25, -0.2) is 0 Å². The van der Waals surface area contributed by atoms with E-state index in [9.17, 15) is 9.59 Å². The molecule has 0 aromatic rings. The first-order chi connectivity index (χ1) is 24.6. The van der Waals surface area contributed by atoms with Gasteiger partial charge in [-0.15, -0.1) is 0 Å². The second kappa shape index (κ2) is 31.6. The molecule has 8 heteroatoms. The molecule has 2 aliphatic rings. The molecular weight excluding hydrogens is 643 g/mol. The summed E-state index contributed by atoms with van der Waals surface area (Å²) in [5, 5.41) is 10.0. The summed E-state index contributed by atoms with van der Waals surface area (Å²) in [6, 6.07) is 0.582. The molecule has 2 aliphatic heterocycles. The maximum Gasteiger partial charge on any atom is 0.220 e. The summed E-state index contributed by atoms with van der Waals surface area (Å²) in [6.07, 6.45) is 26.5. The third-order valence-electron chi connectivity index (χ3n) is 9.61. The second-order valence-electron chi connectivity index (χ2n) is 14.1. The molecule has 0 aromatic heterocycles. The van der Waals surface area contributed by atoms with Gasteiger partial charge in [-0.3, -0.25) is 9.59 Å². The van der Waals surface area contributed by atoms with Crippen molar-refractivity contribution in [1.29, 1.82) is 0 Å². The van der Waals surface area contributed by atoms with Crippen molar-refractivity contribution in [3.05, 3.63) is 12.3 Å². The molecule has 284 valence electrons. The van der Waals surface area contributed by atoms with Crippen molar-refractivity contribution in [2.45, 2.75) is 166 Å². The van der Waals surface area contributed by atoms with Crippen LogP contribution in [0.2, 0.25) is 0 Å². The van der Waals surface area contributed by atoms with Crippen molar-refractivity contribution in [3.8, 4) is 23.7 Å². The molecule has 2 fully saturated rings. The van der Waals surface area contributed by atoms with Gasteiger partial charge < -0.3 is 25.4 Å². The molecule has 50 heavy (non-hydrogen) atoms. The van der Waals surface area contributed by atoms with Gasteiger partial charge in [0.25, 0.3) is 0 Å². The molecule has 3 N–H and O–H groups in total. The topological polar surface area (TPSA) is 88.7 Å². The molecule has 3 unspecified atom stereocenters. The Bertz CT molecular complexity index is 1030. The molecule has 0 spiro atoms. The Morgan fingerprint density at radius 1 is 0.720 bits per heavy atom. The van der Waals surface area contributed by atoms with E-state index in [1.807, 2.05) is 11.8 Å². The molecule has 0 aliphatic carbocycles. The quantitative estimate of drug-likeness (QED) is 0.0494. The van der Waals surface area contributed by atoms with Gasteiger partial charge >= 0.3 is 0 Å². The van der Waals surface area contributed by atoms with E-state index in [2.05, 4.69) is 53.1 Å². The molecule has 0 aromatic carbocycles. The summed E-state index contributed by atoms with van der Waals surface area (Å²) in [4.78, 5) is 24.2. The van der Waals surface area contributed by atoms with Crippen LogP contribution in [-0.2, 0) is 19.1 Å². The van der Waals surface area contributed by atoms with Crippen LogP contribution in [0.25, 0.3) is 0 Å². The highest BCUT2D eigenvalue weighted by atomic mass is 32.2. The zero-order chi connectivity index (χ0) is 35.7. The molecule has 3 atom stereocenters. The van der Waals surface area contributed by atoms with Crippen LogP contribution in [0.1, 0.15) is 155 Å². The lowest BCUT2D eigenvalue weighted by molar-refractivity contribution is -0.122. The predicted molar refractivity (Wildman–Crippen MR) is 211 cm³/mol. The van der Waals surface area contributed by atoms with Crippen LogP contribution in [0, 0.1) is 29.6 Å². The van der Waals surface area contributed by atoms with Crippen LogP contribution in [0.15, 0.2) is 12.3 Å². The largest absolute Gasteiger partial charge is 0.385 e. The van der Waals surface area contributed by atoms with E-state index in [-0.39, 0.29) is 11.8 Å². The first-order valence-corrected chi connectivity index (χ1v) is 21.4. The molecule has 0 saturated carbocycles. The summed E-state index contributed by atoms with van der Waals surface area (Å²) >= 11 is 2.04. The number of hydrogen-bond donors (Lipinski definition) is 3. The lowest BCUT2D eigenvalue weighted by Crippen LogP contribution is -2.28. The first kappa shape index (κ1) is 44.0. The van der Waals surface area contributed by atoms with Crippen molar-refractivity contribution in [3.63, 3.8) is 0 Å². The number of allylic oxidation sites excluding steroid dienone is 1. The van der Waals surface area contributed by atoms with E-state index in [1.165, 1.54) is 89.2 Å². The summed E-state index contributed by atoms with van der Waals surface area (Å²) in [5.41, 5.74) is 1.17. The van der Waals surface area contributed by atoms with E-state index < -0.39 is 0 Å². The standard InChI is InChI=1S/C42H71N3O4S/c1-3-4-5-6-7-8-9-10-11-12-13-14-15-16-17-18-19-20-21-22-23-24-27-41(46)43-29-31-48-33-34-49-32-30-44-42(47)28-25-26-40-38-35-37(2)45-39(38)36-50-40/h38-40,45H,2-13,18-36H2,1H3,(H,43,46)(H,44,47). The Hall–Kier alpha value is -2.13. The van der Waals surface area contributed by atoms with Crippen molar-refractivity contribution in [1.82, 2.24) is 16.0 Å². The fourth-order valence-corrected chi connectivity index (χ4v) is 8.32. The van der Waals surface area contributed by atoms with Crippen LogP contribution >= 0.6 is 11.8 Å². The van der Waals surface area contributed by atoms with Crippen molar-refractivity contribution >= 4 is 23.6 Å². The van der Waals surface area contributed by atoms with E-state index in [0.29, 0.717) is 69.6 Å². The van der Waals surface area contributed by atoms with Gasteiger partial charge in [-0.2, -0.15) is 11.8 Å². The van der Waals surface area contributed by atoms with Crippen LogP contribution in [0.3, 0.4) is 0 Å². The van der Waals surface area contributed by atoms with Crippen LogP contribution in [-0.4, -0.2) is 68.4 Å². The predicted octanol–water partition coefficient (Wildman–Crippen LogP) is 8.47. The normalized spacial score (nSPS) is 17.7. The molecule has 7 nitrogen and oxygen atoms in total. The number of hydrogen-bond acceptors (Lipinski definition) is 6. The van der Waals surface area contributed by atoms with Gasteiger partial charge in [-0.1, -0.05) is 109 Å². The molecule has 0 bridgehead atoms. The Morgan fingerprint density at radius 2 is 1.22 bits per heavy atom. The van der Waals surface area contributed by atoms with Gasteiger partial charge in [0.1, 0.15) is 0 Å². The number of carbonyl (C=O) groups is 2. The Balaban J connectivity index is 1.24. The highest BCUT2D eigenvalue weighted by Gasteiger charge is 2.40. The molecule has 2 rings (SSSR count). The number of amides is 2. The maximum atomic E-state index is 12.1. The molecule has 2 saturated heterocycles. The highest BCUT2D eigenvalue weighted by Crippen LogP contribution is 2.42. The smallest absolute Gasteiger partial charge is 0.220 e. The van der Waals surface area contributed by atoms with Crippen LogP contribution < -0.4 is 16.0 Å². The minimum Gasteiger partial charge on any atom is -0.385 e. The number of thioether (sulfide) groups is 1. The molecular formula is C42H71N3O4S. The van der Waals surface area contributed by atoms with Gasteiger partial charge in [-0.05, 0) is 56.3 Å². The third kappa shape index (κ3) is 24.1. The molecule has 2 amide bonds. The summed E-state index contributed by atoms with van der Waals surface area (Å²) in [7, 11) is 0. The molecule has 0 radical (unpaired) electrons. The van der Waals surface area contributed by atoms with E-state index >= 15 is 0 Å². The minimum atomic E-state index is 0.0952. The fourth-order valence-electron chi connectivity index (χ4n) is 6.67. The van der Waals surface area contributed by atoms with Crippen molar-refractivity contribution in [2.75, 3.05) is 45.3 Å². The zero-order valence-electron chi connectivity index (χ0n) is 31.7. The maximum absolute atomic E-state index is 12.1. The van der Waals surface area contributed by atoms with E-state index in [1.54, 1.807) is 0 Å². The Labute approximate surface area is 310 Å². The monoisotopic (exact) mass is 714 g/mol. The van der Waals surface area contributed by atoms with Crippen LogP contribution in [0.4, 0.5) is 0 Å². The number of nitrogens with one attached hydrogen (secondary N) is 3. The van der Waals surface area contributed by atoms with E-state index in [4.69, 9.17) is 9.47 Å². The number of rotatable bonds is 31. The summed E-state index contributed by atoms with van der Waals surface area (Å²) in [5.74, 6) is 14.5. The summed E-state index contributed by atoms with van der Waals surface area (Å²) < 4.78 is 11.1. The summed E-state index contributed by atoms with van der Waals surface area (Å²) in [6.45, 7) is 9.29. The average molecular weight is 714 g/mol. The van der Waals surface area contributed by atoms with E-state index in [0.717, 1.165) is 57.1 Å². The van der Waals surface area contributed by atoms with Crippen molar-refractivity contribution in [2.24, 2.45) is 5.92 Å². The number of ether oxygens (including phenoxy) is 2. The van der Waals surface area contributed by atoms with Gasteiger partial charge in [0.15, 0.2) is 0 Å². The average Bonchev–Trinajstić information content (AvgIpc) is 3.66. The van der Waals surface area contributed by atoms with Gasteiger partial charge in [0.05, 0.1) is 26.4 Å². The van der Waals surface area contributed by atoms with Gasteiger partial charge in [0, 0.05) is 61.5 Å². The Kier molecular flexibility index (Phi) is 27.8. The minimum absolute atomic E-state index is 0.0952.